The molecule has 1 saturated heterocycles. The fourth-order valence-corrected chi connectivity index (χ4v) is 3.47. The van der Waals surface area contributed by atoms with Crippen molar-refractivity contribution in [1.29, 1.82) is 0 Å². The molecule has 160 valence electrons. The van der Waals surface area contributed by atoms with E-state index in [1.807, 2.05) is 36.4 Å². The number of nitrogens with one attached hydrogen (secondary N) is 1. The average Bonchev–Trinajstić information content (AvgIpc) is 2.80. The van der Waals surface area contributed by atoms with Crippen LogP contribution in [0.2, 0.25) is 0 Å². The van der Waals surface area contributed by atoms with Crippen LogP contribution in [0.4, 0.5) is 11.6 Å². The SMILES string of the molecule is Ic1cc(/C=N/Nc2cc(N3CCOCC3)nc(OCCc3ccccn3)n2)ccn1. The number of hydrogen-bond donors (Lipinski definition) is 1. The summed E-state index contributed by atoms with van der Waals surface area (Å²) in [5, 5.41) is 4.30. The Morgan fingerprint density at radius 3 is 2.84 bits per heavy atom. The van der Waals surface area contributed by atoms with E-state index in [-0.39, 0.29) is 0 Å². The topological polar surface area (TPSA) is 97.7 Å². The van der Waals surface area contributed by atoms with Crippen LogP contribution in [-0.4, -0.2) is 59.1 Å². The van der Waals surface area contributed by atoms with Crippen molar-refractivity contribution < 1.29 is 9.47 Å². The molecule has 1 aliphatic rings. The van der Waals surface area contributed by atoms with E-state index in [0.29, 0.717) is 38.1 Å². The van der Waals surface area contributed by atoms with Gasteiger partial charge in [-0.25, -0.2) is 0 Å². The van der Waals surface area contributed by atoms with Gasteiger partial charge in [-0.15, -0.1) is 0 Å². The molecule has 0 bridgehead atoms. The van der Waals surface area contributed by atoms with Crippen molar-refractivity contribution in [2.45, 2.75) is 6.42 Å². The summed E-state index contributed by atoms with van der Waals surface area (Å²) in [5.74, 6) is 1.34. The van der Waals surface area contributed by atoms with E-state index in [2.05, 4.69) is 58.0 Å². The van der Waals surface area contributed by atoms with Gasteiger partial charge in [-0.05, 0) is 52.4 Å². The summed E-state index contributed by atoms with van der Waals surface area (Å²) in [4.78, 5) is 19.7. The number of halogens is 1. The van der Waals surface area contributed by atoms with E-state index in [9.17, 15) is 0 Å². The molecule has 0 amide bonds. The number of anilines is 2. The molecule has 10 heteroatoms. The molecule has 0 aromatic carbocycles. The van der Waals surface area contributed by atoms with Gasteiger partial charge < -0.3 is 14.4 Å². The van der Waals surface area contributed by atoms with Gasteiger partial charge in [0, 0.05) is 43.7 Å². The van der Waals surface area contributed by atoms with Crippen LogP contribution in [-0.2, 0) is 11.2 Å². The van der Waals surface area contributed by atoms with E-state index >= 15 is 0 Å². The van der Waals surface area contributed by atoms with Crippen molar-refractivity contribution in [2.24, 2.45) is 5.10 Å². The Morgan fingerprint density at radius 2 is 2.03 bits per heavy atom. The zero-order valence-electron chi connectivity index (χ0n) is 16.8. The quantitative estimate of drug-likeness (QED) is 0.205. The molecular formula is C21H22IN7O2. The van der Waals surface area contributed by atoms with E-state index in [1.165, 1.54) is 0 Å². The predicted octanol–water partition coefficient (Wildman–Crippen LogP) is 2.78. The van der Waals surface area contributed by atoms with Crippen molar-refractivity contribution in [3.05, 3.63) is 63.7 Å². The number of pyridine rings is 2. The van der Waals surface area contributed by atoms with Crippen molar-refractivity contribution in [3.63, 3.8) is 0 Å². The lowest BCUT2D eigenvalue weighted by atomic mass is 10.3. The molecule has 1 aliphatic heterocycles. The Hall–Kier alpha value is -2.86. The number of hydrazone groups is 1. The summed E-state index contributed by atoms with van der Waals surface area (Å²) in [6, 6.07) is 11.8. The fraction of sp³-hybridized carbons (Fsp3) is 0.286. The summed E-state index contributed by atoms with van der Waals surface area (Å²) in [5.41, 5.74) is 4.89. The lowest BCUT2D eigenvalue weighted by molar-refractivity contribution is 0.122. The first-order valence-electron chi connectivity index (χ1n) is 9.91. The summed E-state index contributed by atoms with van der Waals surface area (Å²) in [7, 11) is 0. The summed E-state index contributed by atoms with van der Waals surface area (Å²) in [6.45, 7) is 3.30. The minimum absolute atomic E-state index is 0.302. The molecule has 0 radical (unpaired) electrons. The Labute approximate surface area is 194 Å². The lowest BCUT2D eigenvalue weighted by Crippen LogP contribution is -2.36. The van der Waals surface area contributed by atoms with Crippen LogP contribution >= 0.6 is 22.6 Å². The van der Waals surface area contributed by atoms with Gasteiger partial charge in [0.1, 0.15) is 9.52 Å². The first-order chi connectivity index (χ1) is 15.3. The maximum Gasteiger partial charge on any atom is 0.320 e. The van der Waals surface area contributed by atoms with Gasteiger partial charge in [0.05, 0.1) is 26.0 Å². The third-order valence-corrected chi connectivity index (χ3v) is 5.08. The zero-order chi connectivity index (χ0) is 21.3. The van der Waals surface area contributed by atoms with E-state index in [1.54, 1.807) is 18.6 Å². The Morgan fingerprint density at radius 1 is 1.13 bits per heavy atom. The van der Waals surface area contributed by atoms with Crippen molar-refractivity contribution in [1.82, 2.24) is 19.9 Å². The second-order valence-corrected chi connectivity index (χ2v) is 7.80. The Bertz CT molecular complexity index is 1010. The smallest absolute Gasteiger partial charge is 0.320 e. The first kappa shape index (κ1) is 21.4. The van der Waals surface area contributed by atoms with E-state index in [4.69, 9.17) is 9.47 Å². The van der Waals surface area contributed by atoms with Gasteiger partial charge in [0.2, 0.25) is 0 Å². The van der Waals surface area contributed by atoms with E-state index in [0.717, 1.165) is 33.9 Å². The molecule has 1 N–H and O–H groups in total. The maximum atomic E-state index is 5.84. The van der Waals surface area contributed by atoms with Gasteiger partial charge in [-0.3, -0.25) is 15.4 Å². The normalized spacial score (nSPS) is 14.0. The molecule has 0 spiro atoms. The number of morpholine rings is 1. The number of ether oxygens (including phenoxy) is 2. The van der Waals surface area contributed by atoms with Crippen LogP contribution in [0, 0.1) is 3.70 Å². The van der Waals surface area contributed by atoms with Gasteiger partial charge >= 0.3 is 6.01 Å². The molecule has 1 fully saturated rings. The standard InChI is InChI=1S/C21H22IN7O2/c22-18-13-16(4-7-24-18)15-25-28-19-14-20(29-8-11-30-12-9-29)27-21(26-19)31-10-5-17-3-1-2-6-23-17/h1-4,6-7,13-15H,5,8-12H2,(H,26,27,28)/b25-15+. The molecule has 4 rings (SSSR count). The molecule has 4 heterocycles. The summed E-state index contributed by atoms with van der Waals surface area (Å²) >= 11 is 2.17. The highest BCUT2D eigenvalue weighted by Gasteiger charge is 2.15. The molecule has 0 aliphatic carbocycles. The second-order valence-electron chi connectivity index (χ2n) is 6.69. The zero-order valence-corrected chi connectivity index (χ0v) is 19.0. The first-order valence-corrected chi connectivity index (χ1v) is 11.0. The number of nitrogens with zero attached hydrogens (tertiary/aromatic N) is 6. The highest BCUT2D eigenvalue weighted by Crippen LogP contribution is 2.20. The van der Waals surface area contributed by atoms with Crippen LogP contribution in [0.25, 0.3) is 0 Å². The minimum atomic E-state index is 0.302. The molecule has 3 aromatic rings. The summed E-state index contributed by atoms with van der Waals surface area (Å²) < 4.78 is 12.2. The molecule has 0 atom stereocenters. The van der Waals surface area contributed by atoms with Gasteiger partial charge in [0.25, 0.3) is 0 Å². The molecule has 3 aromatic heterocycles. The van der Waals surface area contributed by atoms with Gasteiger partial charge in [0.15, 0.2) is 5.82 Å². The number of rotatable bonds is 8. The Balaban J connectivity index is 1.46. The molecular weight excluding hydrogens is 509 g/mol. The average molecular weight is 531 g/mol. The van der Waals surface area contributed by atoms with Crippen LogP contribution in [0.15, 0.2) is 53.9 Å². The fourth-order valence-electron chi connectivity index (χ4n) is 2.95. The van der Waals surface area contributed by atoms with Crippen LogP contribution in [0.3, 0.4) is 0 Å². The third-order valence-electron chi connectivity index (χ3n) is 4.49. The monoisotopic (exact) mass is 531 g/mol. The van der Waals surface area contributed by atoms with Crippen LogP contribution < -0.4 is 15.1 Å². The molecule has 0 unspecified atom stereocenters. The maximum absolute atomic E-state index is 5.84. The molecule has 31 heavy (non-hydrogen) atoms. The third kappa shape index (κ3) is 6.56. The highest BCUT2D eigenvalue weighted by molar-refractivity contribution is 14.1. The predicted molar refractivity (Wildman–Crippen MR) is 127 cm³/mol. The largest absolute Gasteiger partial charge is 0.463 e. The number of aromatic nitrogens is 4. The van der Waals surface area contributed by atoms with Crippen LogP contribution in [0.1, 0.15) is 11.3 Å². The number of hydrogen-bond acceptors (Lipinski definition) is 9. The highest BCUT2D eigenvalue weighted by atomic mass is 127. The van der Waals surface area contributed by atoms with Gasteiger partial charge in [-0.1, -0.05) is 6.07 Å². The van der Waals surface area contributed by atoms with Crippen molar-refractivity contribution >= 4 is 40.4 Å². The molecule has 9 nitrogen and oxygen atoms in total. The van der Waals surface area contributed by atoms with E-state index < -0.39 is 0 Å². The van der Waals surface area contributed by atoms with Gasteiger partial charge in [-0.2, -0.15) is 15.1 Å². The summed E-state index contributed by atoms with van der Waals surface area (Å²) in [6.07, 6.45) is 5.92. The lowest BCUT2D eigenvalue weighted by Gasteiger charge is -2.28. The molecule has 0 saturated carbocycles. The Kier molecular flexibility index (Phi) is 7.56. The second kappa shape index (κ2) is 11.0. The minimum Gasteiger partial charge on any atom is -0.463 e. The van der Waals surface area contributed by atoms with Crippen molar-refractivity contribution in [3.8, 4) is 6.01 Å². The van der Waals surface area contributed by atoms with Crippen molar-refractivity contribution in [2.75, 3.05) is 43.2 Å². The van der Waals surface area contributed by atoms with Crippen LogP contribution in [0.5, 0.6) is 6.01 Å².